The molecular weight excluding hydrogens is 309 g/mol. The Morgan fingerprint density at radius 1 is 1.41 bits per heavy atom. The number of aromatic nitrogens is 2. The Kier molecular flexibility index (Phi) is 5.74. The van der Waals surface area contributed by atoms with E-state index >= 15 is 0 Å². The van der Waals surface area contributed by atoms with Crippen LogP contribution < -0.4 is 11.4 Å². The van der Waals surface area contributed by atoms with E-state index in [4.69, 9.17) is 19.5 Å². The fourth-order valence-corrected chi connectivity index (χ4v) is 4.33. The lowest BCUT2D eigenvalue weighted by atomic mass is 10.2. The molecule has 8 nitrogen and oxygen atoms in total. The van der Waals surface area contributed by atoms with E-state index < -0.39 is 19.1 Å². The largest absolute Gasteiger partial charge is 0.383 e. The van der Waals surface area contributed by atoms with Crippen LogP contribution in [0.1, 0.15) is 26.7 Å². The first-order valence-corrected chi connectivity index (χ1v) is 8.97. The predicted octanol–water partition coefficient (Wildman–Crippen LogP) is 1.60. The van der Waals surface area contributed by atoms with Crippen LogP contribution in [0.2, 0.25) is 0 Å². The first-order valence-electron chi connectivity index (χ1n) is 7.35. The fraction of sp³-hybridized carbons (Fsp3) is 0.692. The molecule has 1 aliphatic heterocycles. The second-order valence-corrected chi connectivity index (χ2v) is 7.12. The Balaban J connectivity index is 2.03. The molecule has 1 saturated heterocycles. The van der Waals surface area contributed by atoms with Crippen molar-refractivity contribution in [1.29, 1.82) is 0 Å². The highest BCUT2D eigenvalue weighted by Crippen LogP contribution is 2.57. The second kappa shape index (κ2) is 7.37. The molecule has 124 valence electrons. The molecule has 0 aliphatic carbocycles. The van der Waals surface area contributed by atoms with E-state index in [2.05, 4.69) is 4.98 Å². The molecule has 1 aliphatic rings. The minimum atomic E-state index is -3.27. The van der Waals surface area contributed by atoms with E-state index in [1.807, 2.05) is 0 Å². The van der Waals surface area contributed by atoms with Crippen molar-refractivity contribution in [2.75, 3.05) is 18.9 Å². The Labute approximate surface area is 129 Å². The highest BCUT2D eigenvalue weighted by Gasteiger charge is 2.42. The van der Waals surface area contributed by atoms with Crippen LogP contribution in [0.25, 0.3) is 0 Å². The molecule has 22 heavy (non-hydrogen) atoms. The third-order valence-electron chi connectivity index (χ3n) is 3.35. The van der Waals surface area contributed by atoms with E-state index in [1.165, 1.54) is 4.57 Å². The monoisotopic (exact) mass is 331 g/mol. The topological polar surface area (TPSA) is 106 Å². The van der Waals surface area contributed by atoms with E-state index in [9.17, 15) is 9.36 Å². The van der Waals surface area contributed by atoms with E-state index in [0.29, 0.717) is 32.6 Å². The summed E-state index contributed by atoms with van der Waals surface area (Å²) < 4.78 is 30.5. The van der Waals surface area contributed by atoms with E-state index in [1.54, 1.807) is 26.1 Å². The van der Waals surface area contributed by atoms with Gasteiger partial charge >= 0.3 is 13.3 Å². The van der Waals surface area contributed by atoms with Crippen LogP contribution in [0.15, 0.2) is 17.1 Å². The normalized spacial score (nSPS) is 22.1. The summed E-state index contributed by atoms with van der Waals surface area (Å²) >= 11 is 0. The Hall–Kier alpha value is -1.21. The van der Waals surface area contributed by atoms with Gasteiger partial charge in [0.2, 0.25) is 0 Å². The van der Waals surface area contributed by atoms with Crippen LogP contribution in [-0.4, -0.2) is 34.7 Å². The van der Waals surface area contributed by atoms with E-state index in [-0.39, 0.29) is 11.9 Å². The van der Waals surface area contributed by atoms with Crippen molar-refractivity contribution in [3.63, 3.8) is 0 Å². The summed E-state index contributed by atoms with van der Waals surface area (Å²) in [6, 6.07) is 1.55. The molecule has 0 amide bonds. The molecule has 0 aromatic carbocycles. The molecule has 1 aromatic rings. The lowest BCUT2D eigenvalue weighted by Gasteiger charge is -2.23. The molecule has 2 N–H and O–H groups in total. The molecule has 2 unspecified atom stereocenters. The number of nitrogen functional groups attached to an aromatic ring is 1. The van der Waals surface area contributed by atoms with Crippen molar-refractivity contribution in [3.8, 4) is 0 Å². The molecule has 2 atom stereocenters. The van der Waals surface area contributed by atoms with Crippen LogP contribution in [0.5, 0.6) is 0 Å². The molecule has 0 radical (unpaired) electrons. The van der Waals surface area contributed by atoms with Crippen molar-refractivity contribution in [2.45, 2.75) is 45.2 Å². The number of hydrogen-bond acceptors (Lipinski definition) is 7. The Morgan fingerprint density at radius 3 is 2.68 bits per heavy atom. The zero-order valence-corrected chi connectivity index (χ0v) is 13.7. The van der Waals surface area contributed by atoms with Gasteiger partial charge in [0.15, 0.2) is 5.85 Å². The van der Waals surface area contributed by atoms with Gasteiger partial charge in [0, 0.05) is 6.20 Å². The number of nitrogens with zero attached hydrogens (tertiary/aromatic N) is 2. The number of rotatable bonds is 7. The summed E-state index contributed by atoms with van der Waals surface area (Å²) in [5.74, 6) is -0.404. The number of anilines is 1. The maximum absolute atomic E-state index is 12.7. The van der Waals surface area contributed by atoms with Gasteiger partial charge in [-0.3, -0.25) is 9.13 Å². The zero-order chi connectivity index (χ0) is 16.2. The van der Waals surface area contributed by atoms with Crippen molar-refractivity contribution in [3.05, 3.63) is 22.7 Å². The minimum Gasteiger partial charge on any atom is -0.383 e. The van der Waals surface area contributed by atoms with Crippen LogP contribution in [-0.2, 0) is 24.9 Å². The summed E-state index contributed by atoms with van der Waals surface area (Å²) in [6.07, 6.45) is 2.58. The van der Waals surface area contributed by atoms with Gasteiger partial charge in [-0.25, -0.2) is 4.79 Å². The third kappa shape index (κ3) is 3.95. The summed E-state index contributed by atoms with van der Waals surface area (Å²) in [5.41, 5.74) is 5.03. The van der Waals surface area contributed by atoms with Gasteiger partial charge in [-0.05, 0) is 32.8 Å². The maximum Gasteiger partial charge on any atom is 0.359 e. The predicted molar refractivity (Wildman–Crippen MR) is 81.7 cm³/mol. The third-order valence-corrected chi connectivity index (χ3v) is 5.67. The molecule has 0 bridgehead atoms. The molecule has 2 heterocycles. The molecule has 9 heteroatoms. The summed E-state index contributed by atoms with van der Waals surface area (Å²) in [5, 5.41) is 0. The van der Waals surface area contributed by atoms with Crippen LogP contribution in [0, 0.1) is 0 Å². The lowest BCUT2D eigenvalue weighted by molar-refractivity contribution is 0.0508. The van der Waals surface area contributed by atoms with Gasteiger partial charge in [0.05, 0.1) is 25.9 Å². The summed E-state index contributed by atoms with van der Waals surface area (Å²) in [7, 11) is -3.27. The smallest absolute Gasteiger partial charge is 0.359 e. The fourth-order valence-electron chi connectivity index (χ4n) is 2.42. The highest BCUT2D eigenvalue weighted by atomic mass is 31.2. The Morgan fingerprint density at radius 2 is 2.09 bits per heavy atom. The van der Waals surface area contributed by atoms with Crippen LogP contribution in [0.4, 0.5) is 5.82 Å². The summed E-state index contributed by atoms with van der Waals surface area (Å²) in [4.78, 5) is 15.4. The van der Waals surface area contributed by atoms with Crippen LogP contribution in [0.3, 0.4) is 0 Å². The molecule has 2 rings (SSSR count). The van der Waals surface area contributed by atoms with Gasteiger partial charge < -0.3 is 19.5 Å². The molecule has 0 spiro atoms. The second-order valence-electron chi connectivity index (χ2n) is 4.95. The van der Waals surface area contributed by atoms with E-state index in [0.717, 1.165) is 0 Å². The van der Waals surface area contributed by atoms with Gasteiger partial charge in [-0.1, -0.05) is 0 Å². The van der Waals surface area contributed by atoms with Crippen molar-refractivity contribution in [2.24, 2.45) is 0 Å². The molecule has 1 aromatic heterocycles. The number of ether oxygens (including phenoxy) is 1. The van der Waals surface area contributed by atoms with Gasteiger partial charge in [-0.2, -0.15) is 4.98 Å². The van der Waals surface area contributed by atoms with Crippen molar-refractivity contribution in [1.82, 2.24) is 9.55 Å². The number of hydrogen-bond donors (Lipinski definition) is 1. The first-order chi connectivity index (χ1) is 10.5. The van der Waals surface area contributed by atoms with Gasteiger partial charge in [-0.15, -0.1) is 0 Å². The highest BCUT2D eigenvalue weighted by molar-refractivity contribution is 7.54. The molecule has 1 fully saturated rings. The Bertz CT molecular complexity index is 596. The van der Waals surface area contributed by atoms with Crippen LogP contribution >= 0.6 is 7.60 Å². The standard InChI is InChI=1S/C13H22N3O5P/c1-3-19-22(18,20-4-2)12-6-5-10(21-12)9-16-8-7-11(14)15-13(16)17/h7-8,10,12H,3-6,9H2,1-2H3,(H2,14,15,17). The zero-order valence-electron chi connectivity index (χ0n) is 12.8. The minimum absolute atomic E-state index is 0.184. The number of nitrogens with two attached hydrogens (primary N) is 1. The molecule has 0 saturated carbocycles. The summed E-state index contributed by atoms with van der Waals surface area (Å²) in [6.45, 7) is 4.45. The average molecular weight is 331 g/mol. The maximum atomic E-state index is 12.7. The first kappa shape index (κ1) is 17.1. The lowest BCUT2D eigenvalue weighted by Crippen LogP contribution is -2.28. The average Bonchev–Trinajstić information content (AvgIpc) is 2.92. The van der Waals surface area contributed by atoms with Gasteiger partial charge in [0.1, 0.15) is 5.82 Å². The quantitative estimate of drug-likeness (QED) is 0.756. The van der Waals surface area contributed by atoms with Gasteiger partial charge in [0.25, 0.3) is 0 Å². The SMILES string of the molecule is CCOP(=O)(OCC)C1CCC(Cn2ccc(N)nc2=O)O1. The van der Waals surface area contributed by atoms with Crippen molar-refractivity contribution < 1.29 is 18.3 Å². The molecular formula is C13H22N3O5P. The van der Waals surface area contributed by atoms with Crippen molar-refractivity contribution >= 4 is 13.4 Å².